The second-order valence-electron chi connectivity index (χ2n) is 17.2. The summed E-state index contributed by atoms with van der Waals surface area (Å²) in [5.74, 6) is 2.09. The van der Waals surface area contributed by atoms with Crippen molar-refractivity contribution in [2.24, 2.45) is 33.3 Å². The standard InChI is InChI=1S/C24H24N4O3.C17H20BrN3O3.C7H6BNO2/c1-26-18-7-3-5-15(11-18)16-8-9-20-19(12-16)24(22(29)28(2)23(25)27-24)13-21(31-20)17-6-4-10-30-14-17;1-21-15(22)17(20-16(21)19)8-14(10-3-2-6-23-9-10)24-13-5-4-11(18)7-12(13)17;9-5-6-2-1-3-7(4-6)8(10)11/h3,5,7-9,11-12,17,21H,4,6,10,13-14H2,2H3,(H2,25,27);4-5,7,10,14H,2-3,6,8-9H2,1H3,(H2,19,20);1-4,10-11H. The Labute approximate surface area is 391 Å². The van der Waals surface area contributed by atoms with E-state index in [2.05, 4.69) is 25.8 Å². The Balaban J connectivity index is 0.000000149. The zero-order chi connectivity index (χ0) is 46.8. The van der Waals surface area contributed by atoms with Crippen molar-refractivity contribution in [3.8, 4) is 28.7 Å². The maximum atomic E-state index is 13.4. The molecule has 6 atom stereocenters. The summed E-state index contributed by atoms with van der Waals surface area (Å²) in [7, 11) is 1.83. The van der Waals surface area contributed by atoms with Gasteiger partial charge in [0.15, 0.2) is 28.7 Å². The van der Waals surface area contributed by atoms with Crippen LogP contribution in [0.1, 0.15) is 55.2 Å². The molecule has 0 aromatic heterocycles. The van der Waals surface area contributed by atoms with Crippen LogP contribution in [0.3, 0.4) is 0 Å². The van der Waals surface area contributed by atoms with Crippen molar-refractivity contribution in [2.75, 3.05) is 40.5 Å². The minimum atomic E-state index is -1.50. The Morgan fingerprint density at radius 1 is 0.788 bits per heavy atom. The lowest BCUT2D eigenvalue weighted by Crippen LogP contribution is -2.48. The molecule has 4 aromatic rings. The average Bonchev–Trinajstić information content (AvgIpc) is 3.69. The van der Waals surface area contributed by atoms with Gasteiger partial charge in [0, 0.05) is 67.6 Å². The number of hydrogen-bond acceptors (Lipinski definition) is 13. The number of likely N-dealkylation sites (N-methyl/N-ethyl adjacent to an activating group) is 2. The van der Waals surface area contributed by atoms with Gasteiger partial charge in [-0.05, 0) is 90.8 Å². The van der Waals surface area contributed by atoms with Crippen LogP contribution < -0.4 is 26.4 Å². The third-order valence-electron chi connectivity index (χ3n) is 13.0. The van der Waals surface area contributed by atoms with E-state index >= 15 is 0 Å². The second kappa shape index (κ2) is 19.3. The molecule has 6 unspecified atom stereocenters. The predicted octanol–water partition coefficient (Wildman–Crippen LogP) is 4.71. The molecule has 66 heavy (non-hydrogen) atoms. The van der Waals surface area contributed by atoms with Gasteiger partial charge in [0.2, 0.25) is 0 Å². The van der Waals surface area contributed by atoms with Gasteiger partial charge in [-0.25, -0.2) is 14.8 Å². The SMILES string of the molecule is CN1C(=O)C2(CC(C3CCCOC3)Oc3ccc(Br)cc32)N=C1N.N#Cc1cccc(B(O)O)c1.[C-]#[N+]c1cccc(-c2ccc3c(c2)C2(CC(C4CCCOC4)O3)N=C(N)N(C)C2=O)c1. The van der Waals surface area contributed by atoms with Gasteiger partial charge in [-0.2, -0.15) is 5.26 Å². The summed E-state index contributed by atoms with van der Waals surface area (Å²) in [6.07, 6.45) is 4.69. The summed E-state index contributed by atoms with van der Waals surface area (Å²) in [5, 5.41) is 25.8. The number of nitrogens with zero attached hydrogens (tertiary/aromatic N) is 6. The van der Waals surface area contributed by atoms with Crippen LogP contribution >= 0.6 is 15.9 Å². The number of carbonyl (C=O) groups is 2. The second-order valence-corrected chi connectivity index (χ2v) is 18.1. The van der Waals surface area contributed by atoms with Crippen molar-refractivity contribution in [1.82, 2.24) is 9.80 Å². The number of amides is 2. The number of guanidine groups is 2. The highest BCUT2D eigenvalue weighted by Gasteiger charge is 2.56. The van der Waals surface area contributed by atoms with Crippen molar-refractivity contribution in [2.45, 2.75) is 61.8 Å². The van der Waals surface area contributed by atoms with E-state index in [1.807, 2.05) is 60.7 Å². The highest BCUT2D eigenvalue weighted by atomic mass is 79.9. The van der Waals surface area contributed by atoms with Gasteiger partial charge in [0.25, 0.3) is 11.8 Å². The molecule has 4 aromatic carbocycles. The maximum absolute atomic E-state index is 13.4. The van der Waals surface area contributed by atoms with Gasteiger partial charge in [0.05, 0.1) is 31.4 Å². The fourth-order valence-electron chi connectivity index (χ4n) is 9.46. The van der Waals surface area contributed by atoms with E-state index < -0.39 is 18.2 Å². The number of aliphatic imine (C=N–C) groups is 2. The fourth-order valence-corrected chi connectivity index (χ4v) is 9.82. The molecule has 2 spiro atoms. The lowest BCUT2D eigenvalue weighted by atomic mass is 9.77. The summed E-state index contributed by atoms with van der Waals surface area (Å²) in [6, 6.07) is 27.1. The predicted molar refractivity (Wildman–Crippen MR) is 251 cm³/mol. The monoisotopic (exact) mass is 956 g/mol. The van der Waals surface area contributed by atoms with E-state index in [0.29, 0.717) is 54.3 Å². The van der Waals surface area contributed by atoms with Gasteiger partial charge < -0.3 is 40.5 Å². The number of rotatable bonds is 4. The van der Waals surface area contributed by atoms with Gasteiger partial charge >= 0.3 is 7.12 Å². The molecule has 0 saturated carbocycles. The minimum Gasteiger partial charge on any atom is -0.490 e. The molecule has 6 N–H and O–H groups in total. The molecule has 16 nitrogen and oxygen atoms in total. The molecule has 0 bridgehead atoms. The van der Waals surface area contributed by atoms with Gasteiger partial charge in [-0.1, -0.05) is 52.3 Å². The maximum Gasteiger partial charge on any atom is 0.488 e. The average molecular weight is 958 g/mol. The summed E-state index contributed by atoms with van der Waals surface area (Å²) >= 11 is 3.48. The van der Waals surface area contributed by atoms with E-state index in [9.17, 15) is 9.59 Å². The number of benzene rings is 4. The largest absolute Gasteiger partial charge is 0.490 e. The first kappa shape index (κ1) is 46.3. The van der Waals surface area contributed by atoms with Crippen LogP contribution in [0.4, 0.5) is 5.69 Å². The van der Waals surface area contributed by atoms with Crippen LogP contribution in [0.2, 0.25) is 0 Å². The van der Waals surface area contributed by atoms with Crippen molar-refractivity contribution in [3.05, 3.63) is 118 Å². The third kappa shape index (κ3) is 8.99. The molecule has 18 heteroatoms. The van der Waals surface area contributed by atoms with Crippen LogP contribution in [0.15, 0.2) is 99.4 Å². The smallest absolute Gasteiger partial charge is 0.488 e. The van der Waals surface area contributed by atoms with Crippen LogP contribution in [-0.2, 0) is 30.1 Å². The van der Waals surface area contributed by atoms with Crippen molar-refractivity contribution in [1.29, 1.82) is 5.26 Å². The summed E-state index contributed by atoms with van der Waals surface area (Å²) in [5.41, 5.74) is 14.6. The molecular weight excluding hydrogens is 907 g/mol. The fraction of sp³-hybridized carbons (Fsp3) is 0.375. The van der Waals surface area contributed by atoms with Crippen LogP contribution in [0, 0.1) is 29.7 Å². The van der Waals surface area contributed by atoms with E-state index in [0.717, 1.165) is 65.6 Å². The zero-order valence-electron chi connectivity index (χ0n) is 36.6. The molecular formula is C48H50BBrN8O8. The van der Waals surface area contributed by atoms with Gasteiger partial charge in [-0.15, -0.1) is 0 Å². The first-order valence-corrected chi connectivity index (χ1v) is 22.6. The topological polar surface area (TPSA) is 223 Å². The van der Waals surface area contributed by atoms with E-state index in [4.69, 9.17) is 57.3 Å². The summed E-state index contributed by atoms with van der Waals surface area (Å²) in [6.45, 7) is 10.1. The first-order valence-electron chi connectivity index (χ1n) is 21.8. The highest BCUT2D eigenvalue weighted by molar-refractivity contribution is 9.10. The Bertz CT molecular complexity index is 2660. The van der Waals surface area contributed by atoms with Crippen LogP contribution in [0.5, 0.6) is 11.5 Å². The molecule has 6 aliphatic heterocycles. The first-order chi connectivity index (χ1) is 31.8. The quantitative estimate of drug-likeness (QED) is 0.162. The number of ether oxygens (including phenoxy) is 4. The molecule has 6 aliphatic rings. The Hall–Kier alpha value is -6.28. The number of hydrogen-bond donors (Lipinski definition) is 4. The van der Waals surface area contributed by atoms with Crippen molar-refractivity contribution < 1.29 is 38.6 Å². The van der Waals surface area contributed by atoms with E-state index in [1.54, 1.807) is 38.4 Å². The molecule has 340 valence electrons. The van der Waals surface area contributed by atoms with E-state index in [-0.39, 0.29) is 47.8 Å². The molecule has 6 heterocycles. The summed E-state index contributed by atoms with van der Waals surface area (Å²) < 4.78 is 24.8. The Morgan fingerprint density at radius 2 is 1.33 bits per heavy atom. The highest BCUT2D eigenvalue weighted by Crippen LogP contribution is 2.50. The normalized spacial score (nSPS) is 26.2. The van der Waals surface area contributed by atoms with Gasteiger partial charge in [-0.3, -0.25) is 19.4 Å². The number of nitrogens with two attached hydrogens (primary N) is 2. The number of halogens is 1. The lowest BCUT2D eigenvalue weighted by Gasteiger charge is -2.40. The lowest BCUT2D eigenvalue weighted by molar-refractivity contribution is -0.134. The molecule has 2 amide bonds. The molecule has 10 rings (SSSR count). The summed E-state index contributed by atoms with van der Waals surface area (Å²) in [4.78, 5) is 42.1. The third-order valence-corrected chi connectivity index (χ3v) is 13.5. The Kier molecular flexibility index (Phi) is 13.5. The molecule has 2 saturated heterocycles. The zero-order valence-corrected chi connectivity index (χ0v) is 38.2. The number of carbonyl (C=O) groups excluding carboxylic acids is 2. The van der Waals surface area contributed by atoms with Crippen molar-refractivity contribution >= 4 is 57.9 Å². The van der Waals surface area contributed by atoms with Crippen molar-refractivity contribution in [3.63, 3.8) is 0 Å². The van der Waals surface area contributed by atoms with Gasteiger partial charge in [0.1, 0.15) is 23.7 Å². The molecule has 2 fully saturated rings. The molecule has 0 radical (unpaired) electrons. The van der Waals surface area contributed by atoms with Crippen LogP contribution in [0.25, 0.3) is 16.0 Å². The van der Waals surface area contributed by atoms with Crippen LogP contribution in [-0.4, -0.2) is 103 Å². The number of nitriles is 1. The number of fused-ring (bicyclic) bond motifs is 4. The Morgan fingerprint density at radius 3 is 1.83 bits per heavy atom. The van der Waals surface area contributed by atoms with E-state index in [1.165, 1.54) is 15.9 Å². The molecule has 0 aliphatic carbocycles. The minimum absolute atomic E-state index is 0.0932.